The van der Waals surface area contributed by atoms with Gasteiger partial charge in [0.05, 0.1) is 6.42 Å². The lowest BCUT2D eigenvalue weighted by atomic mass is 10.1. The summed E-state index contributed by atoms with van der Waals surface area (Å²) in [5, 5.41) is 17.0. The standard InChI is InChI=1S/C14H16ClNO2S.ClH/c15-13-10-12(4-3-11(13)9-14(17)18)16-5-8-19-6-1-2-7-19;/h1-4,6-7,10,16,19H,5,8-9H2,(H,17,18);1H. The number of benzene rings is 1. The third-order valence-corrected chi connectivity index (χ3v) is 4.96. The van der Waals surface area contributed by atoms with Gasteiger partial charge in [-0.3, -0.25) is 4.79 Å². The first-order valence-electron chi connectivity index (χ1n) is 6.00. The quantitative estimate of drug-likeness (QED) is 0.693. The van der Waals surface area contributed by atoms with E-state index >= 15 is 0 Å². The van der Waals surface area contributed by atoms with Gasteiger partial charge in [0, 0.05) is 17.3 Å². The third kappa shape index (κ3) is 5.12. The molecule has 1 aliphatic rings. The van der Waals surface area contributed by atoms with E-state index in [1.165, 1.54) is 0 Å². The molecule has 20 heavy (non-hydrogen) atoms. The van der Waals surface area contributed by atoms with Crippen LogP contribution in [-0.4, -0.2) is 23.4 Å². The molecule has 0 saturated carbocycles. The van der Waals surface area contributed by atoms with Crippen molar-refractivity contribution in [3.63, 3.8) is 0 Å². The summed E-state index contributed by atoms with van der Waals surface area (Å²) in [6, 6.07) is 5.42. The van der Waals surface area contributed by atoms with Gasteiger partial charge in [0.1, 0.15) is 0 Å². The molecule has 3 nitrogen and oxygen atoms in total. The van der Waals surface area contributed by atoms with Crippen LogP contribution >= 0.6 is 34.9 Å². The Morgan fingerprint density at radius 1 is 1.30 bits per heavy atom. The summed E-state index contributed by atoms with van der Waals surface area (Å²) in [6.45, 7) is 0.884. The molecular formula is C14H17Cl2NO2S. The molecule has 1 aromatic rings. The Kier molecular flexibility index (Phi) is 6.99. The van der Waals surface area contributed by atoms with Gasteiger partial charge in [-0.15, -0.1) is 12.4 Å². The zero-order chi connectivity index (χ0) is 13.7. The molecule has 1 heterocycles. The molecule has 0 unspecified atom stereocenters. The van der Waals surface area contributed by atoms with E-state index in [1.807, 2.05) is 6.07 Å². The van der Waals surface area contributed by atoms with Gasteiger partial charge >= 0.3 is 5.97 Å². The van der Waals surface area contributed by atoms with E-state index < -0.39 is 5.97 Å². The highest BCUT2D eigenvalue weighted by Gasteiger charge is 2.06. The number of rotatable bonds is 6. The van der Waals surface area contributed by atoms with Crippen molar-refractivity contribution in [1.29, 1.82) is 0 Å². The van der Waals surface area contributed by atoms with Crippen LogP contribution in [0.25, 0.3) is 0 Å². The van der Waals surface area contributed by atoms with E-state index in [0.717, 1.165) is 18.0 Å². The minimum atomic E-state index is -0.870. The topological polar surface area (TPSA) is 49.3 Å². The number of carbonyl (C=O) groups is 1. The zero-order valence-electron chi connectivity index (χ0n) is 10.8. The molecule has 0 radical (unpaired) electrons. The fraction of sp³-hybridized carbons (Fsp3) is 0.214. The van der Waals surface area contributed by atoms with E-state index in [2.05, 4.69) is 28.3 Å². The predicted octanol–water partition coefficient (Wildman–Crippen LogP) is 3.84. The van der Waals surface area contributed by atoms with Crippen molar-refractivity contribution in [3.05, 3.63) is 51.8 Å². The van der Waals surface area contributed by atoms with E-state index in [-0.39, 0.29) is 29.7 Å². The number of thiol groups is 1. The van der Waals surface area contributed by atoms with Crippen LogP contribution in [0.5, 0.6) is 0 Å². The summed E-state index contributed by atoms with van der Waals surface area (Å²) in [7, 11) is -0.101. The van der Waals surface area contributed by atoms with E-state index in [4.69, 9.17) is 16.7 Å². The fourth-order valence-electron chi connectivity index (χ4n) is 1.81. The maximum absolute atomic E-state index is 10.6. The minimum Gasteiger partial charge on any atom is -0.481 e. The molecule has 0 spiro atoms. The highest BCUT2D eigenvalue weighted by molar-refractivity contribution is 8.22. The van der Waals surface area contributed by atoms with Crippen molar-refractivity contribution in [1.82, 2.24) is 0 Å². The van der Waals surface area contributed by atoms with Crippen LogP contribution in [0.2, 0.25) is 5.02 Å². The Hall–Kier alpha value is -1.10. The molecular weight excluding hydrogens is 317 g/mol. The van der Waals surface area contributed by atoms with Crippen LogP contribution in [0, 0.1) is 0 Å². The van der Waals surface area contributed by atoms with E-state index in [9.17, 15) is 4.79 Å². The maximum Gasteiger partial charge on any atom is 0.307 e. The van der Waals surface area contributed by atoms with Crippen molar-refractivity contribution in [3.8, 4) is 0 Å². The molecule has 0 saturated heterocycles. The highest BCUT2D eigenvalue weighted by atomic mass is 35.5. The minimum absolute atomic E-state index is 0. The second kappa shape index (κ2) is 8.25. The predicted molar refractivity (Wildman–Crippen MR) is 90.7 cm³/mol. The highest BCUT2D eigenvalue weighted by Crippen LogP contribution is 2.32. The number of carboxylic acid groups (broad SMARTS) is 1. The largest absolute Gasteiger partial charge is 0.481 e. The van der Waals surface area contributed by atoms with Gasteiger partial charge in [0.15, 0.2) is 0 Å². The Morgan fingerprint density at radius 3 is 2.60 bits per heavy atom. The number of aliphatic carboxylic acids is 1. The van der Waals surface area contributed by atoms with Gasteiger partial charge < -0.3 is 10.4 Å². The molecule has 2 N–H and O–H groups in total. The number of nitrogens with one attached hydrogen (secondary N) is 1. The Morgan fingerprint density at radius 2 is 2.00 bits per heavy atom. The molecule has 0 bridgehead atoms. The Bertz CT molecular complexity index is 520. The lowest BCUT2D eigenvalue weighted by Gasteiger charge is -2.12. The third-order valence-electron chi connectivity index (χ3n) is 2.76. The molecule has 1 aromatic carbocycles. The summed E-state index contributed by atoms with van der Waals surface area (Å²) in [4.78, 5) is 10.6. The first-order chi connectivity index (χ1) is 9.15. The first kappa shape index (κ1) is 17.0. The van der Waals surface area contributed by atoms with Crippen LogP contribution < -0.4 is 5.32 Å². The van der Waals surface area contributed by atoms with Crippen molar-refractivity contribution < 1.29 is 9.90 Å². The lowest BCUT2D eigenvalue weighted by Crippen LogP contribution is -2.06. The molecule has 1 aliphatic heterocycles. The van der Waals surface area contributed by atoms with Crippen LogP contribution in [-0.2, 0) is 11.2 Å². The maximum atomic E-state index is 10.6. The SMILES string of the molecule is Cl.O=C(O)Cc1ccc(NCC[SH]2C=CC=C2)cc1Cl. The van der Waals surface area contributed by atoms with Gasteiger partial charge in [-0.1, -0.05) is 29.8 Å². The molecule has 0 aliphatic carbocycles. The molecule has 0 atom stereocenters. The molecule has 2 rings (SSSR count). The monoisotopic (exact) mass is 333 g/mol. The second-order valence-corrected chi connectivity index (χ2v) is 6.70. The number of hydrogen-bond donors (Lipinski definition) is 3. The fourth-order valence-corrected chi connectivity index (χ4v) is 3.47. The Labute approximate surface area is 132 Å². The average Bonchev–Trinajstić information content (AvgIpc) is 2.85. The number of hydrogen-bond acceptors (Lipinski definition) is 2. The van der Waals surface area contributed by atoms with Gasteiger partial charge in [0.2, 0.25) is 0 Å². The van der Waals surface area contributed by atoms with Crippen LogP contribution in [0.4, 0.5) is 5.69 Å². The summed E-state index contributed by atoms with van der Waals surface area (Å²) < 4.78 is 0. The van der Waals surface area contributed by atoms with Crippen LogP contribution in [0.3, 0.4) is 0 Å². The summed E-state index contributed by atoms with van der Waals surface area (Å²) >= 11 is 6.06. The van der Waals surface area contributed by atoms with Crippen LogP contribution in [0.1, 0.15) is 5.56 Å². The number of allylic oxidation sites excluding steroid dienone is 2. The van der Waals surface area contributed by atoms with Gasteiger partial charge in [0.25, 0.3) is 0 Å². The first-order valence-corrected chi connectivity index (χ1v) is 8.04. The summed E-state index contributed by atoms with van der Waals surface area (Å²) in [6.07, 6.45) is 4.13. The molecule has 0 fully saturated rings. The average molecular weight is 334 g/mol. The van der Waals surface area contributed by atoms with Crippen molar-refractivity contribution in [2.24, 2.45) is 0 Å². The summed E-state index contributed by atoms with van der Waals surface area (Å²) in [5.74, 6) is 0.224. The van der Waals surface area contributed by atoms with E-state index in [0.29, 0.717) is 10.6 Å². The van der Waals surface area contributed by atoms with Crippen molar-refractivity contribution in [2.75, 3.05) is 17.6 Å². The zero-order valence-corrected chi connectivity index (χ0v) is 13.2. The van der Waals surface area contributed by atoms with Crippen molar-refractivity contribution >= 4 is 46.6 Å². The molecule has 0 amide bonds. The second-order valence-electron chi connectivity index (χ2n) is 4.22. The molecule has 110 valence electrons. The smallest absolute Gasteiger partial charge is 0.307 e. The molecule has 0 aromatic heterocycles. The van der Waals surface area contributed by atoms with Crippen LogP contribution in [0.15, 0.2) is 41.2 Å². The van der Waals surface area contributed by atoms with Gasteiger partial charge in [-0.2, -0.15) is 0 Å². The van der Waals surface area contributed by atoms with Gasteiger partial charge in [-0.25, -0.2) is 10.9 Å². The molecule has 6 heteroatoms. The number of anilines is 1. The van der Waals surface area contributed by atoms with Crippen molar-refractivity contribution in [2.45, 2.75) is 6.42 Å². The number of halogens is 2. The lowest BCUT2D eigenvalue weighted by molar-refractivity contribution is -0.136. The normalized spacial score (nSPS) is 14.2. The van der Waals surface area contributed by atoms with Gasteiger partial charge in [-0.05, 0) is 34.3 Å². The van der Waals surface area contributed by atoms with E-state index in [1.54, 1.807) is 12.1 Å². The Balaban J connectivity index is 0.00000200. The number of carboxylic acids is 1. The summed E-state index contributed by atoms with van der Waals surface area (Å²) in [5.41, 5.74) is 1.58.